The van der Waals surface area contributed by atoms with Crippen LogP contribution in [-0.2, 0) is 16.0 Å². The predicted molar refractivity (Wildman–Crippen MR) is 85.1 cm³/mol. The van der Waals surface area contributed by atoms with Gasteiger partial charge >= 0.3 is 5.97 Å². The first-order chi connectivity index (χ1) is 9.52. The number of carboxylic acid groups (broad SMARTS) is 1. The fourth-order valence-corrected chi connectivity index (χ4v) is 1.88. The first kappa shape index (κ1) is 19.7. The Hall–Kier alpha value is -1.30. The van der Waals surface area contributed by atoms with Crippen LogP contribution in [-0.4, -0.2) is 36.6 Å². The molecule has 7 heteroatoms. The molecule has 0 saturated heterocycles. The van der Waals surface area contributed by atoms with Crippen molar-refractivity contribution in [3.05, 3.63) is 34.9 Å². The third-order valence-corrected chi connectivity index (χ3v) is 3.21. The van der Waals surface area contributed by atoms with E-state index in [1.807, 2.05) is 12.1 Å². The van der Waals surface area contributed by atoms with E-state index in [0.717, 1.165) is 5.56 Å². The van der Waals surface area contributed by atoms with E-state index in [0.29, 0.717) is 18.0 Å². The summed E-state index contributed by atoms with van der Waals surface area (Å²) in [6.07, 6.45) is 1.18. The highest BCUT2D eigenvalue weighted by Gasteiger charge is 2.17. The Morgan fingerprint density at radius 3 is 2.43 bits per heavy atom. The van der Waals surface area contributed by atoms with Gasteiger partial charge in [-0.25, -0.2) is 0 Å². The number of nitrogens with one attached hydrogen (secondary N) is 2. The van der Waals surface area contributed by atoms with Gasteiger partial charge in [0.2, 0.25) is 5.91 Å². The van der Waals surface area contributed by atoms with Crippen LogP contribution in [0.5, 0.6) is 0 Å². The first-order valence-corrected chi connectivity index (χ1v) is 6.82. The van der Waals surface area contributed by atoms with Gasteiger partial charge in [0.05, 0.1) is 0 Å². The zero-order valence-electron chi connectivity index (χ0n) is 11.8. The Morgan fingerprint density at radius 2 is 1.90 bits per heavy atom. The molecule has 3 N–H and O–H groups in total. The van der Waals surface area contributed by atoms with Gasteiger partial charge < -0.3 is 15.7 Å². The fourth-order valence-electron chi connectivity index (χ4n) is 1.76. The summed E-state index contributed by atoms with van der Waals surface area (Å²) >= 11 is 5.79. The molecule has 1 aromatic carbocycles. The molecule has 21 heavy (non-hydrogen) atoms. The maximum Gasteiger partial charge on any atom is 0.320 e. The number of halogens is 2. The summed E-state index contributed by atoms with van der Waals surface area (Å²) < 4.78 is 0. The predicted octanol–water partition coefficient (Wildman–Crippen LogP) is 1.87. The van der Waals surface area contributed by atoms with Crippen LogP contribution >= 0.6 is 24.0 Å². The van der Waals surface area contributed by atoms with E-state index in [9.17, 15) is 9.59 Å². The number of carbonyl (C=O) groups is 2. The maximum absolute atomic E-state index is 11.1. The van der Waals surface area contributed by atoms with Crippen molar-refractivity contribution in [3.8, 4) is 0 Å². The normalized spacial score (nSPS) is 11.3. The monoisotopic (exact) mass is 334 g/mol. The van der Waals surface area contributed by atoms with Crippen molar-refractivity contribution >= 4 is 35.9 Å². The van der Waals surface area contributed by atoms with Crippen LogP contribution in [0.15, 0.2) is 24.3 Å². The summed E-state index contributed by atoms with van der Waals surface area (Å²) in [5.41, 5.74) is 1.08. The van der Waals surface area contributed by atoms with Gasteiger partial charge in [0.1, 0.15) is 6.04 Å². The Kier molecular flexibility index (Phi) is 9.78. The van der Waals surface area contributed by atoms with Crippen LogP contribution in [0.1, 0.15) is 18.4 Å². The topological polar surface area (TPSA) is 78.4 Å². The fraction of sp³-hybridized carbons (Fsp3) is 0.429. The van der Waals surface area contributed by atoms with Gasteiger partial charge in [-0.15, -0.1) is 12.4 Å². The molecule has 0 saturated carbocycles. The van der Waals surface area contributed by atoms with E-state index < -0.39 is 12.0 Å². The second kappa shape index (κ2) is 10.4. The highest BCUT2D eigenvalue weighted by atomic mass is 35.5. The van der Waals surface area contributed by atoms with Crippen molar-refractivity contribution in [1.82, 2.24) is 10.6 Å². The average molecular weight is 335 g/mol. The van der Waals surface area contributed by atoms with Crippen molar-refractivity contribution in [3.63, 3.8) is 0 Å². The molecular formula is C14H20Cl2N2O3. The van der Waals surface area contributed by atoms with Crippen molar-refractivity contribution in [2.75, 3.05) is 13.6 Å². The molecule has 1 rings (SSSR count). The summed E-state index contributed by atoms with van der Waals surface area (Å²) in [6.45, 7) is 0.534. The quantitative estimate of drug-likeness (QED) is 0.678. The smallest absolute Gasteiger partial charge is 0.320 e. The third kappa shape index (κ3) is 7.90. The zero-order valence-corrected chi connectivity index (χ0v) is 13.3. The number of benzene rings is 1. The third-order valence-electron chi connectivity index (χ3n) is 2.95. The van der Waals surface area contributed by atoms with Gasteiger partial charge in [-0.05, 0) is 37.1 Å². The molecule has 0 aliphatic rings. The Bertz CT molecular complexity index is 452. The molecule has 0 bridgehead atoms. The number of carboxylic acids is 1. The lowest BCUT2D eigenvalue weighted by Gasteiger charge is -2.14. The van der Waals surface area contributed by atoms with E-state index in [1.54, 1.807) is 12.1 Å². The summed E-state index contributed by atoms with van der Waals surface area (Å²) in [6, 6.07) is 6.71. The van der Waals surface area contributed by atoms with Gasteiger partial charge in [-0.2, -0.15) is 0 Å². The van der Waals surface area contributed by atoms with Gasteiger partial charge in [-0.1, -0.05) is 23.7 Å². The Morgan fingerprint density at radius 1 is 1.29 bits per heavy atom. The van der Waals surface area contributed by atoms with Crippen LogP contribution in [0.4, 0.5) is 0 Å². The number of hydrogen-bond acceptors (Lipinski definition) is 3. The molecule has 0 radical (unpaired) electrons. The number of amides is 1. The van der Waals surface area contributed by atoms with Crippen LogP contribution in [0.2, 0.25) is 5.02 Å². The van der Waals surface area contributed by atoms with E-state index in [1.165, 1.54) is 7.05 Å². The van der Waals surface area contributed by atoms with Gasteiger partial charge in [-0.3, -0.25) is 9.59 Å². The molecule has 0 aliphatic carbocycles. The van der Waals surface area contributed by atoms with E-state index in [2.05, 4.69) is 10.6 Å². The molecule has 0 heterocycles. The summed E-state index contributed by atoms with van der Waals surface area (Å²) in [5, 5.41) is 15.2. The summed E-state index contributed by atoms with van der Waals surface area (Å²) in [7, 11) is 1.53. The lowest BCUT2D eigenvalue weighted by Crippen LogP contribution is -2.38. The standard InChI is InChI=1S/C14H19ClN2O3.ClH/c1-16-13(18)7-6-12(14(19)20)17-9-8-10-2-4-11(15)5-3-10;/h2-5,12,17H,6-9H2,1H3,(H,16,18)(H,19,20);1H/t12-;/m0./s1. The van der Waals surface area contributed by atoms with Crippen LogP contribution in [0, 0.1) is 0 Å². The summed E-state index contributed by atoms with van der Waals surface area (Å²) in [5.74, 6) is -1.10. The molecule has 1 amide bonds. The lowest BCUT2D eigenvalue weighted by molar-refractivity contribution is -0.139. The van der Waals surface area contributed by atoms with Crippen molar-refractivity contribution in [1.29, 1.82) is 0 Å². The van der Waals surface area contributed by atoms with E-state index in [-0.39, 0.29) is 31.2 Å². The molecule has 0 spiro atoms. The Balaban J connectivity index is 0.00000400. The maximum atomic E-state index is 11.1. The molecule has 1 aromatic rings. The largest absolute Gasteiger partial charge is 0.480 e. The highest BCUT2D eigenvalue weighted by Crippen LogP contribution is 2.09. The average Bonchev–Trinajstić information content (AvgIpc) is 2.43. The molecule has 118 valence electrons. The number of carbonyl (C=O) groups excluding carboxylic acids is 1. The second-order valence-corrected chi connectivity index (χ2v) is 4.87. The zero-order chi connectivity index (χ0) is 15.0. The van der Waals surface area contributed by atoms with Crippen LogP contribution in [0.25, 0.3) is 0 Å². The van der Waals surface area contributed by atoms with Crippen LogP contribution in [0.3, 0.4) is 0 Å². The number of aliphatic carboxylic acids is 1. The molecule has 0 unspecified atom stereocenters. The summed E-state index contributed by atoms with van der Waals surface area (Å²) in [4.78, 5) is 22.2. The lowest BCUT2D eigenvalue weighted by atomic mass is 10.1. The minimum absolute atomic E-state index is 0. The number of rotatable bonds is 8. The minimum Gasteiger partial charge on any atom is -0.480 e. The molecular weight excluding hydrogens is 315 g/mol. The SMILES string of the molecule is CNC(=O)CC[C@H](NCCc1ccc(Cl)cc1)C(=O)O.Cl. The van der Waals surface area contributed by atoms with Crippen molar-refractivity contribution in [2.24, 2.45) is 0 Å². The van der Waals surface area contributed by atoms with Gasteiger partial charge in [0, 0.05) is 18.5 Å². The van der Waals surface area contributed by atoms with Gasteiger partial charge in [0.15, 0.2) is 0 Å². The van der Waals surface area contributed by atoms with Crippen molar-refractivity contribution in [2.45, 2.75) is 25.3 Å². The van der Waals surface area contributed by atoms with Crippen LogP contribution < -0.4 is 10.6 Å². The molecule has 0 fully saturated rings. The molecule has 1 atom stereocenters. The number of hydrogen-bond donors (Lipinski definition) is 3. The van der Waals surface area contributed by atoms with E-state index in [4.69, 9.17) is 16.7 Å². The molecule has 5 nitrogen and oxygen atoms in total. The van der Waals surface area contributed by atoms with Gasteiger partial charge in [0.25, 0.3) is 0 Å². The minimum atomic E-state index is -0.940. The molecule has 0 aromatic heterocycles. The van der Waals surface area contributed by atoms with Crippen molar-refractivity contribution < 1.29 is 14.7 Å². The molecule has 0 aliphatic heterocycles. The highest BCUT2D eigenvalue weighted by molar-refractivity contribution is 6.30. The second-order valence-electron chi connectivity index (χ2n) is 4.43. The Labute approximate surface area is 135 Å². The first-order valence-electron chi connectivity index (χ1n) is 6.44. The van der Waals surface area contributed by atoms with E-state index >= 15 is 0 Å².